The Kier molecular flexibility index (Phi) is 8.78. The topological polar surface area (TPSA) is 67.7 Å². The van der Waals surface area contributed by atoms with Crippen LogP contribution >= 0.6 is 0 Å². The minimum absolute atomic E-state index is 0.0437. The van der Waals surface area contributed by atoms with Crippen molar-refractivity contribution < 1.29 is 14.6 Å². The Hall–Kier alpha value is -3.74. The fourth-order valence-corrected chi connectivity index (χ4v) is 7.21. The minimum atomic E-state index is -0.671. The van der Waals surface area contributed by atoms with Crippen molar-refractivity contribution in [1.82, 2.24) is 14.9 Å². The van der Waals surface area contributed by atoms with E-state index < -0.39 is 6.10 Å². The van der Waals surface area contributed by atoms with Gasteiger partial charge in [-0.1, -0.05) is 56.7 Å². The van der Waals surface area contributed by atoms with Crippen LogP contribution in [0.1, 0.15) is 67.5 Å². The lowest BCUT2D eigenvalue weighted by Gasteiger charge is -2.50. The van der Waals surface area contributed by atoms with Crippen molar-refractivity contribution in [3.05, 3.63) is 90.1 Å². The van der Waals surface area contributed by atoms with Gasteiger partial charge in [0.15, 0.2) is 0 Å². The number of benzene rings is 2. The van der Waals surface area contributed by atoms with Crippen molar-refractivity contribution in [3.8, 4) is 11.6 Å². The Bertz CT molecular complexity index is 1630. The third-order valence-corrected chi connectivity index (χ3v) is 9.47. The molecule has 0 spiro atoms. The first-order valence-electron chi connectivity index (χ1n) is 15.7. The fourth-order valence-electron chi connectivity index (χ4n) is 7.21. The maximum atomic E-state index is 12.2. The number of para-hydroxylation sites is 1. The van der Waals surface area contributed by atoms with E-state index in [0.717, 1.165) is 95.1 Å². The Morgan fingerprint density at radius 2 is 1.95 bits per heavy atom. The first kappa shape index (κ1) is 29.3. The molecule has 3 aliphatic rings. The molecule has 4 aromatic rings. The molecular weight excluding hydrogens is 534 g/mol. The second-order valence-electron chi connectivity index (χ2n) is 12.0. The number of hydrogen-bond donors (Lipinski definition) is 1. The average Bonchev–Trinajstić information content (AvgIpc) is 3.05. The van der Waals surface area contributed by atoms with E-state index in [1.54, 1.807) is 7.11 Å². The summed E-state index contributed by atoms with van der Waals surface area (Å²) in [6, 6.07) is 16.3. The highest BCUT2D eigenvalue weighted by molar-refractivity contribution is 5.94. The lowest BCUT2D eigenvalue weighted by atomic mass is 9.73. The Balaban J connectivity index is 1.42. The van der Waals surface area contributed by atoms with Crippen molar-refractivity contribution in [2.45, 2.75) is 57.6 Å². The number of nitrogens with zero attached hydrogens (tertiary/aromatic N) is 3. The molecule has 6 nitrogen and oxygen atoms in total. The third-order valence-electron chi connectivity index (χ3n) is 9.47. The largest absolute Gasteiger partial charge is 0.496 e. The van der Waals surface area contributed by atoms with Gasteiger partial charge < -0.3 is 14.6 Å². The summed E-state index contributed by atoms with van der Waals surface area (Å²) in [5.41, 5.74) is 5.50. The van der Waals surface area contributed by atoms with Crippen LogP contribution in [-0.2, 0) is 6.42 Å². The number of unbranched alkanes of at least 4 members (excludes halogenated alkanes) is 2. The quantitative estimate of drug-likeness (QED) is 0.139. The Morgan fingerprint density at radius 3 is 2.70 bits per heavy atom. The number of fused-ring (bicyclic) bond motifs is 5. The number of rotatable bonds is 12. The van der Waals surface area contributed by atoms with Gasteiger partial charge in [-0.25, -0.2) is 4.98 Å². The normalized spacial score (nSPS) is 22.0. The average molecular weight is 578 g/mol. The highest BCUT2D eigenvalue weighted by atomic mass is 16.5. The van der Waals surface area contributed by atoms with Gasteiger partial charge in [0.05, 0.1) is 30.9 Å². The number of hydrogen-bond acceptors (Lipinski definition) is 6. The predicted molar refractivity (Wildman–Crippen MR) is 175 cm³/mol. The van der Waals surface area contributed by atoms with Crippen molar-refractivity contribution in [3.63, 3.8) is 0 Å². The molecule has 0 saturated carbocycles. The molecule has 2 bridgehead atoms. The van der Waals surface area contributed by atoms with Gasteiger partial charge in [-0.3, -0.25) is 9.88 Å². The van der Waals surface area contributed by atoms with E-state index in [4.69, 9.17) is 19.4 Å². The summed E-state index contributed by atoms with van der Waals surface area (Å²) in [7, 11) is 1.67. The van der Waals surface area contributed by atoms with Crippen LogP contribution in [0, 0.1) is 11.8 Å². The molecule has 3 saturated heterocycles. The summed E-state index contributed by atoms with van der Waals surface area (Å²) in [6.07, 6.45) is 9.25. The van der Waals surface area contributed by atoms with Gasteiger partial charge in [0.1, 0.15) is 5.75 Å². The molecular formula is C37H43N3O3. The summed E-state index contributed by atoms with van der Waals surface area (Å²) < 4.78 is 11.8. The molecule has 0 amide bonds. The zero-order chi connectivity index (χ0) is 29.9. The zero-order valence-electron chi connectivity index (χ0n) is 25.5. The van der Waals surface area contributed by atoms with Gasteiger partial charge in [-0.15, -0.1) is 6.58 Å². The van der Waals surface area contributed by atoms with Crippen LogP contribution in [0.25, 0.3) is 27.9 Å². The number of ether oxygens (including phenoxy) is 2. The number of aliphatic hydroxyl groups excluding tert-OH is 1. The standard InChI is InChI=1S/C37H43N3O3/c1-5-8-11-18-43-35-21-26(29-12-9-10-13-31(29)39-35)19-27-22-30(36-28(7-3)34(42-4)15-14-32(36)38-27)37(41)33-20-25-16-17-40(33)23-24(25)6-2/h6-7,9-10,12-15,21-22,24-25,33,37,41H,2-3,5,8,11,16-20,23H2,1,4H3/t24-,25?,33-,37+/m0/s1. The first-order valence-corrected chi connectivity index (χ1v) is 15.7. The molecule has 5 heterocycles. The van der Waals surface area contributed by atoms with Gasteiger partial charge in [0.2, 0.25) is 5.88 Å². The molecule has 2 aromatic heterocycles. The van der Waals surface area contributed by atoms with Crippen LogP contribution < -0.4 is 9.47 Å². The summed E-state index contributed by atoms with van der Waals surface area (Å²) in [5.74, 6) is 2.42. The highest BCUT2D eigenvalue weighted by Gasteiger charge is 2.42. The van der Waals surface area contributed by atoms with Crippen LogP contribution in [0.5, 0.6) is 11.6 Å². The molecule has 43 heavy (non-hydrogen) atoms. The van der Waals surface area contributed by atoms with Crippen LogP contribution in [0.2, 0.25) is 0 Å². The van der Waals surface area contributed by atoms with Gasteiger partial charge in [0, 0.05) is 47.1 Å². The van der Waals surface area contributed by atoms with Crippen molar-refractivity contribution in [1.29, 1.82) is 0 Å². The second-order valence-corrected chi connectivity index (χ2v) is 12.0. The number of methoxy groups -OCH3 is 1. The van der Waals surface area contributed by atoms with E-state index in [1.165, 1.54) is 0 Å². The summed E-state index contributed by atoms with van der Waals surface area (Å²) in [4.78, 5) is 12.4. The molecule has 1 N–H and O–H groups in total. The number of aliphatic hydroxyl groups is 1. The molecule has 6 heteroatoms. The number of aromatic nitrogens is 2. The monoisotopic (exact) mass is 577 g/mol. The minimum Gasteiger partial charge on any atom is -0.496 e. The summed E-state index contributed by atoms with van der Waals surface area (Å²) in [6.45, 7) is 13.0. The molecule has 0 aliphatic carbocycles. The number of pyridine rings is 2. The van der Waals surface area contributed by atoms with Crippen LogP contribution in [0.4, 0.5) is 0 Å². The SMILES string of the molecule is C=Cc1c(OC)ccc2nc(Cc3cc(OCCCCC)nc4ccccc34)cc([C@@H](O)[C@@H]3CC4CCN3C[C@@H]4C=C)c12. The first-order chi connectivity index (χ1) is 21.0. The maximum absolute atomic E-state index is 12.2. The molecule has 2 aromatic carbocycles. The second kappa shape index (κ2) is 12.9. The molecule has 2 unspecified atom stereocenters. The van der Waals surface area contributed by atoms with Gasteiger partial charge in [0.25, 0.3) is 0 Å². The molecule has 0 radical (unpaired) electrons. The zero-order valence-corrected chi connectivity index (χ0v) is 25.5. The molecule has 7 rings (SSSR count). The Morgan fingerprint density at radius 1 is 1.09 bits per heavy atom. The van der Waals surface area contributed by atoms with Gasteiger partial charge in [-0.05, 0) is 73.0 Å². The third kappa shape index (κ3) is 5.78. The molecule has 3 fully saturated rings. The van der Waals surface area contributed by atoms with Gasteiger partial charge >= 0.3 is 0 Å². The number of piperidine rings is 3. The Labute approximate surface area is 255 Å². The fraction of sp³-hybridized carbons (Fsp3) is 0.405. The van der Waals surface area contributed by atoms with E-state index >= 15 is 0 Å². The smallest absolute Gasteiger partial charge is 0.214 e. The highest BCUT2D eigenvalue weighted by Crippen LogP contribution is 2.43. The van der Waals surface area contributed by atoms with Gasteiger partial charge in [-0.2, -0.15) is 0 Å². The molecule has 224 valence electrons. The molecule has 3 aliphatic heterocycles. The molecule has 5 atom stereocenters. The van der Waals surface area contributed by atoms with E-state index in [-0.39, 0.29) is 6.04 Å². The summed E-state index contributed by atoms with van der Waals surface area (Å²) in [5, 5.41) is 14.1. The van der Waals surface area contributed by atoms with E-state index in [1.807, 2.05) is 36.4 Å². The van der Waals surface area contributed by atoms with Crippen LogP contribution in [0.15, 0.2) is 67.8 Å². The van der Waals surface area contributed by atoms with E-state index in [0.29, 0.717) is 30.7 Å². The summed E-state index contributed by atoms with van der Waals surface area (Å²) >= 11 is 0. The predicted octanol–water partition coefficient (Wildman–Crippen LogP) is 7.52. The van der Waals surface area contributed by atoms with Crippen LogP contribution in [-0.4, -0.2) is 52.8 Å². The van der Waals surface area contributed by atoms with Crippen molar-refractivity contribution in [2.24, 2.45) is 11.8 Å². The van der Waals surface area contributed by atoms with E-state index in [2.05, 4.69) is 49.3 Å². The van der Waals surface area contributed by atoms with Crippen molar-refractivity contribution >= 4 is 27.9 Å². The maximum Gasteiger partial charge on any atom is 0.214 e. The lowest BCUT2D eigenvalue weighted by Crippen LogP contribution is -2.54. The van der Waals surface area contributed by atoms with E-state index in [9.17, 15) is 5.11 Å². The van der Waals surface area contributed by atoms with Crippen LogP contribution in [0.3, 0.4) is 0 Å². The lowest BCUT2D eigenvalue weighted by molar-refractivity contribution is -0.0445. The van der Waals surface area contributed by atoms with Crippen molar-refractivity contribution in [2.75, 3.05) is 26.8 Å².